The molecule has 2 aromatic carbocycles. The molecule has 0 spiro atoms. The zero-order valence-electron chi connectivity index (χ0n) is 24.5. The van der Waals surface area contributed by atoms with Gasteiger partial charge in [0, 0.05) is 56.6 Å². The van der Waals surface area contributed by atoms with Crippen LogP contribution in [0.25, 0.3) is 17.2 Å². The lowest BCUT2D eigenvalue weighted by Crippen LogP contribution is -2.35. The maximum absolute atomic E-state index is 15.2. The first-order valence-electron chi connectivity index (χ1n) is 12.9. The third-order valence-corrected chi connectivity index (χ3v) is 6.11. The number of amides is 1. The van der Waals surface area contributed by atoms with Gasteiger partial charge in [-0.15, -0.1) is 0 Å². The molecule has 8 heteroatoms. The lowest BCUT2D eigenvalue weighted by molar-refractivity contribution is -0.120. The Morgan fingerprint density at radius 3 is 2.33 bits per heavy atom. The molecule has 0 bridgehead atoms. The quantitative estimate of drug-likeness (QED) is 0.299. The van der Waals surface area contributed by atoms with Gasteiger partial charge in [0.2, 0.25) is 11.8 Å². The molecule has 0 atom stereocenters. The Labute approximate surface area is 231 Å². The molecule has 0 saturated heterocycles. The number of rotatable bonds is 9. The summed E-state index contributed by atoms with van der Waals surface area (Å²) in [6, 6.07) is 8.23. The number of nitrogens with one attached hydrogen (secondary N) is 1. The zero-order valence-corrected chi connectivity index (χ0v) is 24.5. The van der Waals surface area contributed by atoms with Crippen molar-refractivity contribution in [2.75, 3.05) is 19.0 Å². The van der Waals surface area contributed by atoms with Crippen molar-refractivity contribution in [2.45, 2.75) is 72.7 Å². The summed E-state index contributed by atoms with van der Waals surface area (Å²) < 4.78 is 40.7. The number of aryl methyl sites for hydroxylation is 1. The van der Waals surface area contributed by atoms with Crippen LogP contribution >= 0.6 is 0 Å². The van der Waals surface area contributed by atoms with Crippen molar-refractivity contribution in [1.82, 2.24) is 9.78 Å². The van der Waals surface area contributed by atoms with Crippen LogP contribution in [-0.4, -0.2) is 35.3 Å². The van der Waals surface area contributed by atoms with Crippen LogP contribution in [-0.2, 0) is 14.9 Å². The van der Waals surface area contributed by atoms with Crippen LogP contribution in [0.5, 0.6) is 5.75 Å². The highest BCUT2D eigenvalue weighted by atomic mass is 19.2. The molecule has 6 nitrogen and oxygen atoms in total. The van der Waals surface area contributed by atoms with Gasteiger partial charge >= 0.3 is 0 Å². The lowest BCUT2D eigenvalue weighted by atomic mass is 9.81. The van der Waals surface area contributed by atoms with Gasteiger partial charge in [-0.3, -0.25) is 9.48 Å². The first-order chi connectivity index (χ1) is 18.1. The second kappa shape index (κ2) is 13.0. The molecular weight excluding hydrogens is 500 g/mol. The van der Waals surface area contributed by atoms with E-state index in [4.69, 9.17) is 4.74 Å². The molecule has 1 N–H and O–H groups in total. The van der Waals surface area contributed by atoms with E-state index in [1.54, 1.807) is 68.4 Å². The molecule has 0 fully saturated rings. The Kier molecular flexibility index (Phi) is 10.6. The number of carbonyl (C=O) groups excluding carboxylic acids is 1. The van der Waals surface area contributed by atoms with Gasteiger partial charge in [-0.2, -0.15) is 9.49 Å². The smallest absolute Gasteiger partial charge is 0.242 e. The fraction of sp³-hybridized carbons (Fsp3) is 0.419. The minimum Gasteiger partial charge on any atom is -0.459 e. The second-order valence-electron chi connectivity index (χ2n) is 10.5. The first kappa shape index (κ1) is 31.7. The van der Waals surface area contributed by atoms with Gasteiger partial charge in [0.1, 0.15) is 11.6 Å². The molecule has 0 unspecified atom stereocenters. The van der Waals surface area contributed by atoms with E-state index in [-0.39, 0.29) is 11.9 Å². The highest BCUT2D eigenvalue weighted by Crippen LogP contribution is 2.34. The van der Waals surface area contributed by atoms with Crippen LogP contribution in [0.1, 0.15) is 71.2 Å². The normalized spacial score (nSPS) is 11.6. The van der Waals surface area contributed by atoms with Crippen LogP contribution < -0.4 is 10.1 Å². The molecule has 3 rings (SSSR count). The van der Waals surface area contributed by atoms with Gasteiger partial charge in [0.15, 0.2) is 0 Å². The second-order valence-corrected chi connectivity index (χ2v) is 10.5. The minimum absolute atomic E-state index is 0.146. The topological polar surface area (TPSA) is 65.4 Å². The number of anilines is 1. The van der Waals surface area contributed by atoms with Crippen LogP contribution in [0, 0.1) is 12.7 Å². The monoisotopic (exact) mass is 541 g/mol. The number of ether oxygens (including phenoxy) is 2. The standard InChI is InChI=1S/C28H33F2N3O2.C3H8O/c1-9-19-13-21(14-24(29)25(19)20-15-31-33(16-20)17(2)3)32-26(34)27(5,6)23-11-10-22(12-18(23)4)35-28(7,8)30;1-3-4-2/h9-17H,1H2,2-8H3,(H,32,34);3H2,1-2H3. The SMILES string of the molecule is C=Cc1cc(NC(=O)C(C)(C)c2ccc(OC(C)(C)F)cc2C)cc(F)c1-c1cnn(C(C)C)c1.CCOC. The molecule has 212 valence electrons. The van der Waals surface area contributed by atoms with Crippen molar-refractivity contribution < 1.29 is 23.0 Å². The molecule has 1 amide bonds. The number of hydrogen-bond acceptors (Lipinski definition) is 4. The molecule has 39 heavy (non-hydrogen) atoms. The number of hydrogen-bond donors (Lipinski definition) is 1. The van der Waals surface area contributed by atoms with E-state index in [1.807, 2.05) is 27.7 Å². The van der Waals surface area contributed by atoms with Crippen LogP contribution in [0.3, 0.4) is 0 Å². The average molecular weight is 542 g/mol. The summed E-state index contributed by atoms with van der Waals surface area (Å²) in [4.78, 5) is 13.3. The van der Waals surface area contributed by atoms with Gasteiger partial charge in [0.05, 0.1) is 11.6 Å². The van der Waals surface area contributed by atoms with E-state index in [9.17, 15) is 9.18 Å². The van der Waals surface area contributed by atoms with E-state index in [1.165, 1.54) is 19.9 Å². The summed E-state index contributed by atoms with van der Waals surface area (Å²) in [6.45, 7) is 18.6. The number of carbonyl (C=O) groups is 1. The van der Waals surface area contributed by atoms with E-state index in [2.05, 4.69) is 21.7 Å². The summed E-state index contributed by atoms with van der Waals surface area (Å²) >= 11 is 0. The number of benzene rings is 2. The zero-order chi connectivity index (χ0) is 29.5. The molecule has 0 saturated carbocycles. The number of nitrogens with zero attached hydrogens (tertiary/aromatic N) is 2. The van der Waals surface area contributed by atoms with Crippen LogP contribution in [0.4, 0.5) is 14.5 Å². The van der Waals surface area contributed by atoms with E-state index in [0.717, 1.165) is 17.7 Å². The number of halogens is 2. The third-order valence-electron chi connectivity index (χ3n) is 6.11. The summed E-state index contributed by atoms with van der Waals surface area (Å²) in [5.74, 6) is -2.22. The summed E-state index contributed by atoms with van der Waals surface area (Å²) in [6.07, 6.45) is 4.96. The molecular formula is C31H41F2N3O3. The van der Waals surface area contributed by atoms with E-state index in [0.29, 0.717) is 28.1 Å². The third kappa shape index (κ3) is 8.23. The fourth-order valence-corrected chi connectivity index (χ4v) is 4.01. The largest absolute Gasteiger partial charge is 0.459 e. The van der Waals surface area contributed by atoms with E-state index < -0.39 is 17.1 Å². The molecule has 0 radical (unpaired) electrons. The molecule has 0 aliphatic heterocycles. The number of methoxy groups -OCH3 is 1. The number of alkyl halides is 1. The van der Waals surface area contributed by atoms with Gasteiger partial charge < -0.3 is 14.8 Å². The average Bonchev–Trinajstić information content (AvgIpc) is 3.32. The number of aromatic nitrogens is 2. The Morgan fingerprint density at radius 1 is 1.21 bits per heavy atom. The van der Waals surface area contributed by atoms with Crippen molar-refractivity contribution >= 4 is 17.7 Å². The Balaban J connectivity index is 0.00000124. The summed E-state index contributed by atoms with van der Waals surface area (Å²) in [5, 5.41) is 7.14. The molecule has 3 aromatic rings. The van der Waals surface area contributed by atoms with Crippen LogP contribution in [0.15, 0.2) is 49.3 Å². The Bertz CT molecular complexity index is 1290. The van der Waals surface area contributed by atoms with Crippen molar-refractivity contribution in [2.24, 2.45) is 0 Å². The lowest BCUT2D eigenvalue weighted by Gasteiger charge is -2.27. The van der Waals surface area contributed by atoms with Crippen molar-refractivity contribution in [3.8, 4) is 16.9 Å². The predicted octanol–water partition coefficient (Wildman–Crippen LogP) is 7.87. The van der Waals surface area contributed by atoms with Crippen LogP contribution in [0.2, 0.25) is 0 Å². The van der Waals surface area contributed by atoms with Gasteiger partial charge in [-0.1, -0.05) is 18.7 Å². The van der Waals surface area contributed by atoms with Gasteiger partial charge in [-0.05, 0) is 82.5 Å². The molecule has 1 aromatic heterocycles. The highest BCUT2D eigenvalue weighted by Gasteiger charge is 2.32. The minimum atomic E-state index is -1.81. The van der Waals surface area contributed by atoms with E-state index >= 15 is 4.39 Å². The Hall–Kier alpha value is -3.52. The van der Waals surface area contributed by atoms with Crippen molar-refractivity contribution in [3.63, 3.8) is 0 Å². The van der Waals surface area contributed by atoms with Crippen molar-refractivity contribution in [1.29, 1.82) is 0 Å². The highest BCUT2D eigenvalue weighted by molar-refractivity contribution is 5.99. The Morgan fingerprint density at radius 2 is 1.85 bits per heavy atom. The van der Waals surface area contributed by atoms with Gasteiger partial charge in [0.25, 0.3) is 0 Å². The summed E-state index contributed by atoms with van der Waals surface area (Å²) in [7, 11) is 1.68. The van der Waals surface area contributed by atoms with Crippen molar-refractivity contribution in [3.05, 3.63) is 71.8 Å². The molecule has 0 aliphatic carbocycles. The molecule has 0 aliphatic rings. The maximum atomic E-state index is 15.2. The maximum Gasteiger partial charge on any atom is 0.242 e. The van der Waals surface area contributed by atoms with Gasteiger partial charge in [-0.25, -0.2) is 4.39 Å². The fourth-order valence-electron chi connectivity index (χ4n) is 4.01. The first-order valence-corrected chi connectivity index (χ1v) is 12.9. The predicted molar refractivity (Wildman–Crippen MR) is 154 cm³/mol. The summed E-state index contributed by atoms with van der Waals surface area (Å²) in [5.41, 5.74) is 2.48. The molecule has 1 heterocycles.